The van der Waals surface area contributed by atoms with E-state index in [4.69, 9.17) is 4.74 Å². The van der Waals surface area contributed by atoms with Gasteiger partial charge in [0.1, 0.15) is 0 Å². The number of ether oxygens (including phenoxy) is 1. The van der Waals surface area contributed by atoms with Crippen molar-refractivity contribution < 1.29 is 14.5 Å². The van der Waals surface area contributed by atoms with Crippen LogP contribution in [0, 0.1) is 10.1 Å². The Labute approximate surface area is 117 Å². The van der Waals surface area contributed by atoms with Gasteiger partial charge in [0, 0.05) is 31.3 Å². The Bertz CT molecular complexity index is 465. The highest BCUT2D eigenvalue weighted by molar-refractivity contribution is 5.78. The smallest absolute Gasteiger partial charge is 0.273 e. The van der Waals surface area contributed by atoms with Crippen LogP contribution in [0.2, 0.25) is 0 Å². The number of hydrogen-bond acceptors (Lipinski definition) is 5. The Balaban J connectivity index is 2.41. The van der Waals surface area contributed by atoms with Gasteiger partial charge >= 0.3 is 0 Å². The Morgan fingerprint density at radius 2 is 2.15 bits per heavy atom. The van der Waals surface area contributed by atoms with Crippen molar-refractivity contribution in [3.63, 3.8) is 0 Å². The van der Waals surface area contributed by atoms with Crippen LogP contribution in [0.3, 0.4) is 0 Å². The molecule has 0 aliphatic heterocycles. The van der Waals surface area contributed by atoms with Crippen molar-refractivity contribution in [1.29, 1.82) is 0 Å². The Morgan fingerprint density at radius 1 is 1.45 bits per heavy atom. The first-order valence-corrected chi connectivity index (χ1v) is 6.26. The largest absolute Gasteiger partial charge is 0.383 e. The summed E-state index contributed by atoms with van der Waals surface area (Å²) in [4.78, 5) is 22.0. The second kappa shape index (κ2) is 8.23. The minimum Gasteiger partial charge on any atom is -0.383 e. The Kier molecular flexibility index (Phi) is 6.61. The van der Waals surface area contributed by atoms with Gasteiger partial charge in [0.05, 0.1) is 18.1 Å². The fourth-order valence-corrected chi connectivity index (χ4v) is 1.77. The molecule has 0 aromatic heterocycles. The second-order valence-corrected chi connectivity index (χ2v) is 4.41. The lowest BCUT2D eigenvalue weighted by Gasteiger charge is -2.13. The third-order valence-corrected chi connectivity index (χ3v) is 2.61. The first-order valence-electron chi connectivity index (χ1n) is 6.26. The highest BCUT2D eigenvalue weighted by atomic mass is 16.6. The van der Waals surface area contributed by atoms with Crippen LogP contribution in [-0.2, 0) is 16.1 Å². The van der Waals surface area contributed by atoms with E-state index in [1.807, 2.05) is 6.92 Å². The molecule has 0 heterocycles. The molecule has 1 atom stereocenters. The molecule has 0 fully saturated rings. The molecule has 0 aliphatic rings. The zero-order valence-electron chi connectivity index (χ0n) is 11.6. The van der Waals surface area contributed by atoms with E-state index in [9.17, 15) is 14.9 Å². The lowest BCUT2D eigenvalue weighted by molar-refractivity contribution is -0.385. The number of methoxy groups -OCH3 is 1. The maximum atomic E-state index is 11.6. The first kappa shape index (κ1) is 16.1. The summed E-state index contributed by atoms with van der Waals surface area (Å²) in [6.07, 6.45) is 0. The highest BCUT2D eigenvalue weighted by Gasteiger charge is 2.12. The van der Waals surface area contributed by atoms with Gasteiger partial charge in [0.2, 0.25) is 5.91 Å². The predicted octanol–water partition coefficient (Wildman–Crippen LogP) is 0.836. The standard InChI is InChI=1S/C13H19N3O4/c1-10(9-20-2)15-13(17)8-14-7-11-5-3-4-6-12(11)16(18)19/h3-6,10,14H,7-9H2,1-2H3,(H,15,17). The van der Waals surface area contributed by atoms with Crippen LogP contribution in [0.4, 0.5) is 5.69 Å². The maximum Gasteiger partial charge on any atom is 0.273 e. The molecule has 20 heavy (non-hydrogen) atoms. The normalized spacial score (nSPS) is 11.9. The number of carbonyl (C=O) groups excluding carboxylic acids is 1. The molecule has 0 aliphatic carbocycles. The average Bonchev–Trinajstić information content (AvgIpc) is 2.39. The number of amides is 1. The van der Waals surface area contributed by atoms with Crippen LogP contribution in [0.15, 0.2) is 24.3 Å². The molecule has 0 saturated carbocycles. The van der Waals surface area contributed by atoms with Gasteiger partial charge in [-0.2, -0.15) is 0 Å². The van der Waals surface area contributed by atoms with E-state index in [1.165, 1.54) is 6.07 Å². The molecule has 0 bridgehead atoms. The van der Waals surface area contributed by atoms with Crippen molar-refractivity contribution in [3.05, 3.63) is 39.9 Å². The SMILES string of the molecule is COCC(C)NC(=O)CNCc1ccccc1[N+](=O)[O-]. The van der Waals surface area contributed by atoms with Gasteiger partial charge in [0.15, 0.2) is 0 Å². The average molecular weight is 281 g/mol. The summed E-state index contributed by atoms with van der Waals surface area (Å²) in [6, 6.07) is 6.38. The van der Waals surface area contributed by atoms with E-state index in [1.54, 1.807) is 25.3 Å². The summed E-state index contributed by atoms with van der Waals surface area (Å²) in [5.41, 5.74) is 0.600. The summed E-state index contributed by atoms with van der Waals surface area (Å²) < 4.78 is 4.91. The zero-order valence-corrected chi connectivity index (χ0v) is 11.6. The van der Waals surface area contributed by atoms with Gasteiger partial charge in [-0.25, -0.2) is 0 Å². The van der Waals surface area contributed by atoms with Crippen molar-refractivity contribution in [3.8, 4) is 0 Å². The third-order valence-electron chi connectivity index (χ3n) is 2.61. The van der Waals surface area contributed by atoms with E-state index in [-0.39, 0.29) is 30.7 Å². The van der Waals surface area contributed by atoms with E-state index in [0.29, 0.717) is 12.2 Å². The molecule has 7 heteroatoms. The number of nitrogens with zero attached hydrogens (tertiary/aromatic N) is 1. The number of nitro benzene ring substituents is 1. The maximum absolute atomic E-state index is 11.6. The lowest BCUT2D eigenvalue weighted by atomic mass is 10.2. The first-order chi connectivity index (χ1) is 9.54. The molecule has 1 unspecified atom stereocenters. The zero-order chi connectivity index (χ0) is 15.0. The number of hydrogen-bond donors (Lipinski definition) is 2. The molecular weight excluding hydrogens is 262 g/mol. The van der Waals surface area contributed by atoms with Crippen LogP contribution >= 0.6 is 0 Å². The number of benzene rings is 1. The molecular formula is C13H19N3O4. The minimum atomic E-state index is -0.433. The monoisotopic (exact) mass is 281 g/mol. The molecule has 7 nitrogen and oxygen atoms in total. The van der Waals surface area contributed by atoms with Crippen LogP contribution in [0.1, 0.15) is 12.5 Å². The third kappa shape index (κ3) is 5.33. The summed E-state index contributed by atoms with van der Waals surface area (Å²) in [5, 5.41) is 16.5. The number of nitrogens with one attached hydrogen (secondary N) is 2. The van der Waals surface area contributed by atoms with Gasteiger partial charge in [-0.15, -0.1) is 0 Å². The molecule has 2 N–H and O–H groups in total. The minimum absolute atomic E-state index is 0.0492. The van der Waals surface area contributed by atoms with E-state index < -0.39 is 4.92 Å². The van der Waals surface area contributed by atoms with Crippen molar-refractivity contribution in [2.45, 2.75) is 19.5 Å². The molecule has 1 aromatic rings. The van der Waals surface area contributed by atoms with Crippen LogP contribution < -0.4 is 10.6 Å². The number of carbonyl (C=O) groups is 1. The van der Waals surface area contributed by atoms with Gasteiger partial charge in [-0.05, 0) is 6.92 Å². The molecule has 0 saturated heterocycles. The number of rotatable bonds is 8. The Hall–Kier alpha value is -1.99. The van der Waals surface area contributed by atoms with Crippen molar-refractivity contribution in [2.75, 3.05) is 20.3 Å². The summed E-state index contributed by atoms with van der Waals surface area (Å²) >= 11 is 0. The van der Waals surface area contributed by atoms with Gasteiger partial charge in [0.25, 0.3) is 5.69 Å². The fraction of sp³-hybridized carbons (Fsp3) is 0.462. The predicted molar refractivity (Wildman–Crippen MR) is 74.3 cm³/mol. The van der Waals surface area contributed by atoms with Crippen molar-refractivity contribution >= 4 is 11.6 Å². The molecule has 1 amide bonds. The van der Waals surface area contributed by atoms with E-state index in [2.05, 4.69) is 10.6 Å². The quantitative estimate of drug-likeness (QED) is 0.544. The van der Waals surface area contributed by atoms with E-state index in [0.717, 1.165) is 0 Å². The molecule has 0 radical (unpaired) electrons. The van der Waals surface area contributed by atoms with Crippen LogP contribution in [0.5, 0.6) is 0 Å². The molecule has 110 valence electrons. The van der Waals surface area contributed by atoms with Gasteiger partial charge in [-0.3, -0.25) is 14.9 Å². The number of nitro groups is 1. The fourth-order valence-electron chi connectivity index (χ4n) is 1.77. The summed E-state index contributed by atoms with van der Waals surface area (Å²) in [5.74, 6) is -0.173. The van der Waals surface area contributed by atoms with Crippen LogP contribution in [-0.4, -0.2) is 37.1 Å². The number of para-hydroxylation sites is 1. The lowest BCUT2D eigenvalue weighted by Crippen LogP contribution is -2.40. The molecule has 1 rings (SSSR count). The highest BCUT2D eigenvalue weighted by Crippen LogP contribution is 2.16. The van der Waals surface area contributed by atoms with Gasteiger partial charge in [-0.1, -0.05) is 18.2 Å². The van der Waals surface area contributed by atoms with Crippen LogP contribution in [0.25, 0.3) is 0 Å². The second-order valence-electron chi connectivity index (χ2n) is 4.41. The summed E-state index contributed by atoms with van der Waals surface area (Å²) in [6.45, 7) is 2.64. The molecule has 1 aromatic carbocycles. The van der Waals surface area contributed by atoms with Crippen molar-refractivity contribution in [1.82, 2.24) is 10.6 Å². The Morgan fingerprint density at radius 3 is 2.80 bits per heavy atom. The van der Waals surface area contributed by atoms with E-state index >= 15 is 0 Å². The molecule has 0 spiro atoms. The van der Waals surface area contributed by atoms with Gasteiger partial charge < -0.3 is 15.4 Å². The van der Waals surface area contributed by atoms with Crippen molar-refractivity contribution in [2.24, 2.45) is 0 Å². The topological polar surface area (TPSA) is 93.5 Å². The summed E-state index contributed by atoms with van der Waals surface area (Å²) in [7, 11) is 1.56.